The molecule has 1 saturated carbocycles. The Labute approximate surface area is 144 Å². The normalized spacial score (nSPS) is 16.3. The predicted octanol–water partition coefficient (Wildman–Crippen LogP) is 5.74. The van der Waals surface area contributed by atoms with E-state index in [1.54, 1.807) is 17.4 Å². The number of alkyl halides is 2. The molecule has 0 radical (unpaired) electrons. The zero-order valence-corrected chi connectivity index (χ0v) is 14.0. The molecule has 0 aliphatic heterocycles. The van der Waals surface area contributed by atoms with Crippen LogP contribution in [0.1, 0.15) is 48.6 Å². The fourth-order valence-electron chi connectivity index (χ4n) is 3.24. The smallest absolute Gasteiger partial charge is 0.319 e. The first-order valence-electron chi connectivity index (χ1n) is 8.12. The van der Waals surface area contributed by atoms with Crippen LogP contribution < -0.4 is 10.6 Å². The van der Waals surface area contributed by atoms with E-state index in [1.807, 2.05) is 17.5 Å². The van der Waals surface area contributed by atoms with Crippen LogP contribution in [0.25, 0.3) is 0 Å². The Kier molecular flexibility index (Phi) is 5.45. The lowest BCUT2D eigenvalue weighted by atomic mass is 9.97. The van der Waals surface area contributed by atoms with Gasteiger partial charge in [0.1, 0.15) is 0 Å². The summed E-state index contributed by atoms with van der Waals surface area (Å²) in [6.07, 6.45) is 2.03. The van der Waals surface area contributed by atoms with E-state index in [0.717, 1.165) is 17.7 Å². The molecule has 1 aliphatic rings. The number of benzene rings is 1. The molecule has 1 atom stereocenters. The standard InChI is InChI=1S/C18H20F2N2OS/c19-17(20)13-7-3-8-14(11-13)21-18(23)22-16(12-5-1-2-6-12)15-9-4-10-24-15/h3-4,7-12,16-17H,1-2,5-6H2,(H2,21,22,23). The summed E-state index contributed by atoms with van der Waals surface area (Å²) in [5.74, 6) is 0.432. The van der Waals surface area contributed by atoms with Gasteiger partial charge in [0.05, 0.1) is 6.04 Å². The molecule has 3 nitrogen and oxygen atoms in total. The fraction of sp³-hybridized carbons (Fsp3) is 0.389. The van der Waals surface area contributed by atoms with Crippen molar-refractivity contribution in [1.82, 2.24) is 5.32 Å². The molecule has 6 heteroatoms. The highest BCUT2D eigenvalue weighted by molar-refractivity contribution is 7.10. The molecule has 128 valence electrons. The van der Waals surface area contributed by atoms with Crippen molar-refractivity contribution in [3.8, 4) is 0 Å². The summed E-state index contributed by atoms with van der Waals surface area (Å²) in [5, 5.41) is 7.71. The van der Waals surface area contributed by atoms with Gasteiger partial charge in [-0.25, -0.2) is 13.6 Å². The highest BCUT2D eigenvalue weighted by Gasteiger charge is 2.28. The number of rotatable bonds is 5. The van der Waals surface area contributed by atoms with Gasteiger partial charge in [-0.2, -0.15) is 0 Å². The number of nitrogens with one attached hydrogen (secondary N) is 2. The Hall–Kier alpha value is -1.95. The monoisotopic (exact) mass is 350 g/mol. The molecule has 1 aromatic carbocycles. The fourth-order valence-corrected chi connectivity index (χ4v) is 4.11. The number of hydrogen-bond donors (Lipinski definition) is 2. The lowest BCUT2D eigenvalue weighted by Crippen LogP contribution is -2.35. The number of carbonyl (C=O) groups excluding carboxylic acids is 1. The third-order valence-corrected chi connectivity index (χ3v) is 5.36. The van der Waals surface area contributed by atoms with E-state index in [1.165, 1.54) is 31.0 Å². The van der Waals surface area contributed by atoms with Gasteiger partial charge in [-0.15, -0.1) is 11.3 Å². The molecule has 1 fully saturated rings. The van der Waals surface area contributed by atoms with Gasteiger partial charge in [-0.05, 0) is 42.3 Å². The van der Waals surface area contributed by atoms with Crippen molar-refractivity contribution in [2.45, 2.75) is 38.2 Å². The maximum absolute atomic E-state index is 12.8. The van der Waals surface area contributed by atoms with Crippen molar-refractivity contribution in [2.75, 3.05) is 5.32 Å². The van der Waals surface area contributed by atoms with Crippen molar-refractivity contribution < 1.29 is 13.6 Å². The number of amides is 2. The van der Waals surface area contributed by atoms with Crippen LogP contribution >= 0.6 is 11.3 Å². The zero-order valence-electron chi connectivity index (χ0n) is 13.2. The molecule has 0 bridgehead atoms. The minimum absolute atomic E-state index is 0.0224. The number of hydrogen-bond acceptors (Lipinski definition) is 2. The second-order valence-corrected chi connectivity index (χ2v) is 7.04. The second-order valence-electron chi connectivity index (χ2n) is 6.06. The molecule has 3 rings (SSSR count). The van der Waals surface area contributed by atoms with Crippen LogP contribution in [0.2, 0.25) is 0 Å². The van der Waals surface area contributed by atoms with Crippen molar-refractivity contribution in [3.05, 3.63) is 52.2 Å². The van der Waals surface area contributed by atoms with Crippen LogP contribution in [0.5, 0.6) is 0 Å². The molecule has 0 spiro atoms. The summed E-state index contributed by atoms with van der Waals surface area (Å²) in [6, 6.07) is 9.42. The molecule has 1 aromatic heterocycles. The summed E-state index contributed by atoms with van der Waals surface area (Å²) in [6.45, 7) is 0. The summed E-state index contributed by atoms with van der Waals surface area (Å²) in [5.41, 5.74) is 0.278. The quantitative estimate of drug-likeness (QED) is 0.709. The van der Waals surface area contributed by atoms with Crippen molar-refractivity contribution in [2.24, 2.45) is 5.92 Å². The molecule has 1 aliphatic carbocycles. The number of urea groups is 1. The minimum Gasteiger partial charge on any atom is -0.330 e. The molecule has 1 heterocycles. The molecule has 2 amide bonds. The zero-order chi connectivity index (χ0) is 16.9. The van der Waals surface area contributed by atoms with E-state index in [4.69, 9.17) is 0 Å². The third kappa shape index (κ3) is 4.12. The first kappa shape index (κ1) is 16.9. The minimum atomic E-state index is -2.55. The van der Waals surface area contributed by atoms with Crippen LogP contribution in [0, 0.1) is 5.92 Å². The molecular formula is C18H20F2N2OS. The first-order valence-corrected chi connectivity index (χ1v) is 9.00. The summed E-state index contributed by atoms with van der Waals surface area (Å²) in [4.78, 5) is 13.5. The van der Waals surface area contributed by atoms with Crippen molar-refractivity contribution in [1.29, 1.82) is 0 Å². The van der Waals surface area contributed by atoms with E-state index < -0.39 is 6.43 Å². The SMILES string of the molecule is O=C(Nc1cccc(C(F)F)c1)NC(c1cccs1)C1CCCC1. The van der Waals surface area contributed by atoms with Crippen LogP contribution in [-0.2, 0) is 0 Å². The van der Waals surface area contributed by atoms with Gasteiger partial charge in [0.15, 0.2) is 0 Å². The van der Waals surface area contributed by atoms with Gasteiger partial charge in [0.25, 0.3) is 6.43 Å². The highest BCUT2D eigenvalue weighted by atomic mass is 32.1. The second kappa shape index (κ2) is 7.75. The Bertz CT molecular complexity index is 669. The van der Waals surface area contributed by atoms with E-state index in [2.05, 4.69) is 10.6 Å². The summed E-state index contributed by atoms with van der Waals surface area (Å²) >= 11 is 1.63. The van der Waals surface area contributed by atoms with Gasteiger partial charge < -0.3 is 10.6 Å². The highest BCUT2D eigenvalue weighted by Crippen LogP contribution is 2.37. The van der Waals surface area contributed by atoms with Gasteiger partial charge in [-0.3, -0.25) is 0 Å². The molecular weight excluding hydrogens is 330 g/mol. The van der Waals surface area contributed by atoms with E-state index in [9.17, 15) is 13.6 Å². The largest absolute Gasteiger partial charge is 0.330 e. The molecule has 2 N–H and O–H groups in total. The molecule has 24 heavy (non-hydrogen) atoms. The van der Waals surface area contributed by atoms with Gasteiger partial charge in [0, 0.05) is 16.1 Å². The summed E-state index contributed by atoms with van der Waals surface area (Å²) in [7, 11) is 0. The number of halogens is 2. The third-order valence-electron chi connectivity index (χ3n) is 4.40. The predicted molar refractivity (Wildman–Crippen MR) is 92.6 cm³/mol. The van der Waals surface area contributed by atoms with Crippen LogP contribution in [0.15, 0.2) is 41.8 Å². The Morgan fingerprint density at radius 1 is 1.17 bits per heavy atom. The summed E-state index contributed by atoms with van der Waals surface area (Å²) < 4.78 is 25.5. The van der Waals surface area contributed by atoms with Crippen LogP contribution in [0.3, 0.4) is 0 Å². The lowest BCUT2D eigenvalue weighted by molar-refractivity contribution is 0.151. The molecule has 2 aromatic rings. The maximum Gasteiger partial charge on any atom is 0.319 e. The van der Waals surface area contributed by atoms with Crippen molar-refractivity contribution in [3.63, 3.8) is 0 Å². The Balaban J connectivity index is 1.68. The average molecular weight is 350 g/mol. The molecule has 1 unspecified atom stereocenters. The van der Waals surface area contributed by atoms with Gasteiger partial charge >= 0.3 is 6.03 Å². The van der Waals surface area contributed by atoms with Gasteiger partial charge in [-0.1, -0.05) is 31.0 Å². The number of anilines is 1. The maximum atomic E-state index is 12.8. The topological polar surface area (TPSA) is 41.1 Å². The molecule has 0 saturated heterocycles. The Morgan fingerprint density at radius 3 is 2.62 bits per heavy atom. The van der Waals surface area contributed by atoms with Crippen LogP contribution in [-0.4, -0.2) is 6.03 Å². The van der Waals surface area contributed by atoms with E-state index in [-0.39, 0.29) is 17.6 Å². The first-order chi connectivity index (χ1) is 11.6. The Morgan fingerprint density at radius 2 is 1.96 bits per heavy atom. The lowest BCUT2D eigenvalue weighted by Gasteiger charge is -2.24. The average Bonchev–Trinajstić information content (AvgIpc) is 3.26. The number of thiophene rings is 1. The van der Waals surface area contributed by atoms with Crippen molar-refractivity contribution >= 4 is 23.1 Å². The van der Waals surface area contributed by atoms with Gasteiger partial charge in [0.2, 0.25) is 0 Å². The van der Waals surface area contributed by atoms with E-state index >= 15 is 0 Å². The number of carbonyl (C=O) groups is 1. The van der Waals surface area contributed by atoms with E-state index in [0.29, 0.717) is 11.6 Å². The van der Waals surface area contributed by atoms with Crippen LogP contribution in [0.4, 0.5) is 19.3 Å².